The van der Waals surface area contributed by atoms with Gasteiger partial charge in [0.25, 0.3) is 0 Å². The normalized spacial score (nSPS) is 11.1. The van der Waals surface area contributed by atoms with Gasteiger partial charge in [-0.15, -0.1) is 0 Å². The molecule has 2 aromatic rings. The van der Waals surface area contributed by atoms with Crippen molar-refractivity contribution in [3.63, 3.8) is 0 Å². The zero-order valence-corrected chi connectivity index (χ0v) is 10.2. The molecule has 2 rings (SSSR count). The molecule has 1 heterocycles. The number of aryl methyl sites for hydroxylation is 1. The molecule has 80 valence electrons. The monoisotopic (exact) mass is 268 g/mol. The van der Waals surface area contributed by atoms with E-state index < -0.39 is 0 Å². The molecule has 0 aliphatic heterocycles. The molecule has 0 amide bonds. The van der Waals surface area contributed by atoms with Gasteiger partial charge in [0.05, 0.1) is 17.4 Å². The summed E-state index contributed by atoms with van der Waals surface area (Å²) in [5, 5.41) is 0. The van der Waals surface area contributed by atoms with Crippen molar-refractivity contribution in [2.24, 2.45) is 0 Å². The molecule has 4 heteroatoms. The Balaban J connectivity index is 2.23. The van der Waals surface area contributed by atoms with E-state index >= 15 is 0 Å². The van der Waals surface area contributed by atoms with Gasteiger partial charge >= 0.3 is 0 Å². The van der Waals surface area contributed by atoms with E-state index in [-0.39, 0.29) is 0 Å². The van der Waals surface area contributed by atoms with Gasteiger partial charge in [-0.3, -0.25) is 0 Å². The smallest absolute Gasteiger partial charge is 0.0958 e. The fourth-order valence-corrected chi connectivity index (χ4v) is 1.94. The molecule has 0 spiro atoms. The first kappa shape index (κ1) is 10.6. The summed E-state index contributed by atoms with van der Waals surface area (Å²) in [6, 6.07) is 6.12. The zero-order valence-electron chi connectivity index (χ0n) is 8.61. The van der Waals surface area contributed by atoms with Gasteiger partial charge in [-0.25, -0.2) is 4.98 Å². The second-order valence-corrected chi connectivity index (χ2v) is 4.33. The fraction of sp³-hybridized carbons (Fsp3) is 0.364. The summed E-state index contributed by atoms with van der Waals surface area (Å²) in [5.41, 5.74) is 2.20. The maximum Gasteiger partial charge on any atom is 0.0958 e. The molecule has 3 nitrogen and oxygen atoms in total. The second kappa shape index (κ2) is 4.77. The highest BCUT2D eigenvalue weighted by molar-refractivity contribution is 9.10. The lowest BCUT2D eigenvalue weighted by Crippen LogP contribution is -1.99. The maximum atomic E-state index is 5.03. The van der Waals surface area contributed by atoms with Crippen LogP contribution in [-0.2, 0) is 11.3 Å². The summed E-state index contributed by atoms with van der Waals surface area (Å²) in [6.45, 7) is 1.73. The van der Waals surface area contributed by atoms with Crippen molar-refractivity contribution in [1.29, 1.82) is 0 Å². The van der Waals surface area contributed by atoms with Crippen molar-refractivity contribution in [2.75, 3.05) is 13.7 Å². The van der Waals surface area contributed by atoms with Crippen molar-refractivity contribution in [1.82, 2.24) is 9.55 Å². The minimum atomic E-state index is 0.785. The van der Waals surface area contributed by atoms with Gasteiger partial charge in [-0.1, -0.05) is 15.9 Å². The number of nitrogens with zero attached hydrogens (tertiary/aromatic N) is 2. The van der Waals surface area contributed by atoms with E-state index in [2.05, 4.69) is 31.5 Å². The third kappa shape index (κ3) is 2.38. The van der Waals surface area contributed by atoms with Crippen molar-refractivity contribution in [3.05, 3.63) is 29.0 Å². The Morgan fingerprint density at radius 3 is 3.13 bits per heavy atom. The van der Waals surface area contributed by atoms with Gasteiger partial charge in [0.2, 0.25) is 0 Å². The van der Waals surface area contributed by atoms with Gasteiger partial charge in [0.1, 0.15) is 0 Å². The molecule has 15 heavy (non-hydrogen) atoms. The minimum Gasteiger partial charge on any atom is -0.385 e. The lowest BCUT2D eigenvalue weighted by Gasteiger charge is -2.03. The Morgan fingerprint density at radius 2 is 2.33 bits per heavy atom. The maximum absolute atomic E-state index is 5.03. The summed E-state index contributed by atoms with van der Waals surface area (Å²) in [6.07, 6.45) is 2.89. The Labute approximate surface area is 97.2 Å². The van der Waals surface area contributed by atoms with Crippen LogP contribution in [0.5, 0.6) is 0 Å². The van der Waals surface area contributed by atoms with Crippen molar-refractivity contribution in [2.45, 2.75) is 13.0 Å². The molecular formula is C11H13BrN2O. The molecule has 1 aromatic heterocycles. The van der Waals surface area contributed by atoms with Gasteiger partial charge in [-0.05, 0) is 24.6 Å². The number of hydrogen-bond donors (Lipinski definition) is 0. The molecule has 0 atom stereocenters. The third-order valence-electron chi connectivity index (χ3n) is 2.33. The van der Waals surface area contributed by atoms with Crippen molar-refractivity contribution < 1.29 is 4.74 Å². The van der Waals surface area contributed by atoms with Crippen LogP contribution in [0.15, 0.2) is 29.0 Å². The average Bonchev–Trinajstić information content (AvgIpc) is 2.62. The molecule has 0 aliphatic rings. The largest absolute Gasteiger partial charge is 0.385 e. The lowest BCUT2D eigenvalue weighted by atomic mass is 10.3. The van der Waals surface area contributed by atoms with E-state index in [4.69, 9.17) is 4.74 Å². The van der Waals surface area contributed by atoms with Crippen LogP contribution in [0.25, 0.3) is 11.0 Å². The molecule has 0 radical (unpaired) electrons. The van der Waals surface area contributed by atoms with Crippen LogP contribution in [0, 0.1) is 0 Å². The van der Waals surface area contributed by atoms with E-state index in [0.29, 0.717) is 0 Å². The molecule has 0 saturated carbocycles. The number of imidazole rings is 1. The van der Waals surface area contributed by atoms with E-state index in [1.54, 1.807) is 7.11 Å². The highest BCUT2D eigenvalue weighted by Crippen LogP contribution is 2.18. The van der Waals surface area contributed by atoms with Crippen LogP contribution in [-0.4, -0.2) is 23.3 Å². The number of fused-ring (bicyclic) bond motifs is 1. The molecule has 0 unspecified atom stereocenters. The van der Waals surface area contributed by atoms with Crippen LogP contribution in [0.3, 0.4) is 0 Å². The molecule has 0 fully saturated rings. The SMILES string of the molecule is COCCCn1cnc2ccc(Br)cc21. The molecular weight excluding hydrogens is 256 g/mol. The summed E-state index contributed by atoms with van der Waals surface area (Å²) >= 11 is 3.47. The zero-order chi connectivity index (χ0) is 10.7. The van der Waals surface area contributed by atoms with E-state index in [0.717, 1.165) is 29.6 Å². The van der Waals surface area contributed by atoms with Crippen LogP contribution in [0.1, 0.15) is 6.42 Å². The van der Waals surface area contributed by atoms with E-state index in [9.17, 15) is 0 Å². The minimum absolute atomic E-state index is 0.785. The number of hydrogen-bond acceptors (Lipinski definition) is 2. The Bertz CT molecular complexity index is 453. The van der Waals surface area contributed by atoms with Gasteiger partial charge in [0.15, 0.2) is 0 Å². The number of methoxy groups -OCH3 is 1. The lowest BCUT2D eigenvalue weighted by molar-refractivity contribution is 0.190. The van der Waals surface area contributed by atoms with Crippen LogP contribution in [0.2, 0.25) is 0 Å². The summed E-state index contributed by atoms with van der Waals surface area (Å²) in [7, 11) is 1.72. The van der Waals surface area contributed by atoms with Gasteiger partial charge in [0, 0.05) is 24.7 Å². The first-order chi connectivity index (χ1) is 7.31. The highest BCUT2D eigenvalue weighted by atomic mass is 79.9. The predicted molar refractivity (Wildman–Crippen MR) is 63.9 cm³/mol. The van der Waals surface area contributed by atoms with Gasteiger partial charge in [-0.2, -0.15) is 0 Å². The number of aromatic nitrogens is 2. The third-order valence-corrected chi connectivity index (χ3v) is 2.82. The Kier molecular flexibility index (Phi) is 3.38. The molecule has 0 saturated heterocycles. The quantitative estimate of drug-likeness (QED) is 0.798. The fourth-order valence-electron chi connectivity index (χ4n) is 1.59. The van der Waals surface area contributed by atoms with Gasteiger partial charge < -0.3 is 9.30 Å². The Hall–Kier alpha value is -0.870. The first-order valence-electron chi connectivity index (χ1n) is 4.90. The topological polar surface area (TPSA) is 27.1 Å². The van der Waals surface area contributed by atoms with Crippen molar-refractivity contribution in [3.8, 4) is 0 Å². The van der Waals surface area contributed by atoms with Crippen LogP contribution in [0.4, 0.5) is 0 Å². The molecule has 0 bridgehead atoms. The number of benzene rings is 1. The summed E-state index contributed by atoms with van der Waals surface area (Å²) < 4.78 is 8.27. The standard InChI is InChI=1S/C11H13BrN2O/c1-15-6-2-5-14-8-13-10-4-3-9(12)7-11(10)14/h3-4,7-8H,2,5-6H2,1H3. The highest BCUT2D eigenvalue weighted by Gasteiger charge is 2.02. The second-order valence-electron chi connectivity index (χ2n) is 3.42. The number of halogens is 1. The Morgan fingerprint density at radius 1 is 1.47 bits per heavy atom. The molecule has 0 aliphatic carbocycles. The molecule has 0 N–H and O–H groups in total. The number of ether oxygens (including phenoxy) is 1. The predicted octanol–water partition coefficient (Wildman–Crippen LogP) is 2.84. The van der Waals surface area contributed by atoms with E-state index in [1.807, 2.05) is 18.5 Å². The van der Waals surface area contributed by atoms with Crippen LogP contribution >= 0.6 is 15.9 Å². The van der Waals surface area contributed by atoms with Crippen molar-refractivity contribution >= 4 is 27.0 Å². The average molecular weight is 269 g/mol. The summed E-state index contributed by atoms with van der Waals surface area (Å²) in [5.74, 6) is 0. The summed E-state index contributed by atoms with van der Waals surface area (Å²) in [4.78, 5) is 4.34. The van der Waals surface area contributed by atoms with E-state index in [1.165, 1.54) is 5.52 Å². The first-order valence-corrected chi connectivity index (χ1v) is 5.70. The number of rotatable bonds is 4. The molecule has 1 aromatic carbocycles. The van der Waals surface area contributed by atoms with Crippen LogP contribution < -0.4 is 0 Å².